The summed E-state index contributed by atoms with van der Waals surface area (Å²) >= 11 is 0. The second kappa shape index (κ2) is 4.84. The summed E-state index contributed by atoms with van der Waals surface area (Å²) < 4.78 is 16.6. The van der Waals surface area contributed by atoms with Gasteiger partial charge < -0.3 is 14.2 Å². The Morgan fingerprint density at radius 3 is 2.22 bits per heavy atom. The minimum atomic E-state index is -1.20. The highest BCUT2D eigenvalue weighted by molar-refractivity contribution is 5.87. The first-order valence-corrected chi connectivity index (χ1v) is 7.33. The molecule has 0 N–H and O–H groups in total. The minimum absolute atomic E-state index is 0.0185. The van der Waals surface area contributed by atoms with Crippen molar-refractivity contribution in [2.45, 2.75) is 12.0 Å². The van der Waals surface area contributed by atoms with Gasteiger partial charge in [-0.25, -0.2) is 0 Å². The van der Waals surface area contributed by atoms with Crippen LogP contribution in [0.25, 0.3) is 0 Å². The molecule has 23 heavy (non-hydrogen) atoms. The lowest BCUT2D eigenvalue weighted by Crippen LogP contribution is -2.41. The fraction of sp³-hybridized carbons (Fsp3) is 0.222. The molecule has 1 saturated heterocycles. The lowest BCUT2D eigenvalue weighted by Gasteiger charge is -2.38. The topological polar surface area (TPSA) is 61.8 Å². The summed E-state index contributed by atoms with van der Waals surface area (Å²) in [4.78, 5) is 24.5. The smallest absolute Gasteiger partial charge is 0.314 e. The van der Waals surface area contributed by atoms with Crippen LogP contribution in [0.3, 0.4) is 0 Å². The Hall–Kier alpha value is -2.82. The predicted octanol–water partition coefficient (Wildman–Crippen LogP) is 2.77. The minimum Gasteiger partial charge on any atom is -0.469 e. The Morgan fingerprint density at radius 1 is 1.09 bits per heavy atom. The van der Waals surface area contributed by atoms with Crippen molar-refractivity contribution < 1.29 is 23.8 Å². The molecule has 2 aromatic carbocycles. The molecule has 0 bridgehead atoms. The number of methoxy groups -OCH3 is 1. The monoisotopic (exact) mass is 310 g/mol. The zero-order valence-electron chi connectivity index (χ0n) is 12.4. The summed E-state index contributed by atoms with van der Waals surface area (Å²) in [7, 11) is 1.32. The van der Waals surface area contributed by atoms with Gasteiger partial charge >= 0.3 is 11.9 Å². The van der Waals surface area contributed by atoms with Crippen molar-refractivity contribution >= 4 is 11.9 Å². The Bertz CT molecular complexity index is 765. The standard InChI is InChI=1S/C18H14O5/c1-21-17(20)13-10-16(19)23-18(13)11-6-2-4-8-14(11)22-15-9-5-3-7-12(15)18/h2-9,13H,10H2,1H3. The van der Waals surface area contributed by atoms with Crippen LogP contribution in [0.1, 0.15) is 17.5 Å². The maximum Gasteiger partial charge on any atom is 0.314 e. The van der Waals surface area contributed by atoms with Gasteiger partial charge in [0.05, 0.1) is 13.5 Å². The third-order valence-electron chi connectivity index (χ3n) is 4.42. The fourth-order valence-electron chi connectivity index (χ4n) is 3.47. The van der Waals surface area contributed by atoms with Crippen molar-refractivity contribution in [3.8, 4) is 11.5 Å². The molecule has 2 aromatic rings. The molecule has 5 nitrogen and oxygen atoms in total. The molecule has 2 heterocycles. The molecule has 116 valence electrons. The molecule has 0 radical (unpaired) electrons. The van der Waals surface area contributed by atoms with Gasteiger partial charge in [-0.3, -0.25) is 9.59 Å². The second-order valence-electron chi connectivity index (χ2n) is 5.58. The van der Waals surface area contributed by atoms with E-state index in [-0.39, 0.29) is 6.42 Å². The van der Waals surface area contributed by atoms with Crippen molar-refractivity contribution in [3.63, 3.8) is 0 Å². The van der Waals surface area contributed by atoms with E-state index in [1.807, 2.05) is 36.4 Å². The van der Waals surface area contributed by atoms with E-state index >= 15 is 0 Å². The van der Waals surface area contributed by atoms with Crippen molar-refractivity contribution in [1.29, 1.82) is 0 Å². The first-order chi connectivity index (χ1) is 11.2. The van der Waals surface area contributed by atoms with E-state index in [4.69, 9.17) is 14.2 Å². The number of hydrogen-bond donors (Lipinski definition) is 0. The zero-order valence-corrected chi connectivity index (χ0v) is 12.4. The molecule has 0 aliphatic carbocycles. The highest BCUT2D eigenvalue weighted by atomic mass is 16.6. The number of fused-ring (bicyclic) bond motifs is 4. The highest BCUT2D eigenvalue weighted by Crippen LogP contribution is 2.56. The van der Waals surface area contributed by atoms with Crippen molar-refractivity contribution in [3.05, 3.63) is 59.7 Å². The van der Waals surface area contributed by atoms with Gasteiger partial charge in [-0.1, -0.05) is 36.4 Å². The molecule has 0 aromatic heterocycles. The summed E-state index contributed by atoms with van der Waals surface area (Å²) in [6.45, 7) is 0. The van der Waals surface area contributed by atoms with Gasteiger partial charge in [0, 0.05) is 11.1 Å². The normalized spacial score (nSPS) is 20.2. The lowest BCUT2D eigenvalue weighted by atomic mass is 9.74. The number of esters is 2. The molecule has 0 amide bonds. The fourth-order valence-corrected chi connectivity index (χ4v) is 3.47. The van der Waals surface area contributed by atoms with Crippen molar-refractivity contribution in [2.24, 2.45) is 5.92 Å². The van der Waals surface area contributed by atoms with Gasteiger partial charge in [-0.2, -0.15) is 0 Å². The number of hydrogen-bond acceptors (Lipinski definition) is 5. The van der Waals surface area contributed by atoms with Gasteiger partial charge in [0.2, 0.25) is 0 Å². The van der Waals surface area contributed by atoms with Crippen molar-refractivity contribution in [2.75, 3.05) is 7.11 Å². The average Bonchev–Trinajstić information content (AvgIpc) is 2.92. The summed E-state index contributed by atoms with van der Waals surface area (Å²) in [5, 5.41) is 0. The Labute approximate surface area is 132 Å². The summed E-state index contributed by atoms with van der Waals surface area (Å²) in [6, 6.07) is 14.6. The molecule has 4 rings (SSSR count). The molecule has 1 spiro atoms. The Balaban J connectivity index is 2.03. The number of carbonyl (C=O) groups is 2. The van der Waals surface area contributed by atoms with E-state index in [1.165, 1.54) is 7.11 Å². The summed E-state index contributed by atoms with van der Waals surface area (Å²) in [5.41, 5.74) is 0.134. The molecule has 2 aliphatic rings. The van der Waals surface area contributed by atoms with E-state index in [0.717, 1.165) is 0 Å². The van der Waals surface area contributed by atoms with Gasteiger partial charge in [0.1, 0.15) is 17.4 Å². The molecule has 2 aliphatic heterocycles. The maximum atomic E-state index is 12.4. The van der Waals surface area contributed by atoms with Crippen LogP contribution in [0.15, 0.2) is 48.5 Å². The Morgan fingerprint density at radius 2 is 1.65 bits per heavy atom. The van der Waals surface area contributed by atoms with E-state index in [1.54, 1.807) is 12.1 Å². The van der Waals surface area contributed by atoms with Gasteiger partial charge in [0.25, 0.3) is 0 Å². The SMILES string of the molecule is COC(=O)C1CC(=O)OC12c1ccccc1Oc1ccccc12. The van der Waals surface area contributed by atoms with Crippen LogP contribution in [-0.2, 0) is 24.7 Å². The number of rotatable bonds is 1. The zero-order chi connectivity index (χ0) is 16.0. The average molecular weight is 310 g/mol. The first kappa shape index (κ1) is 13.8. The maximum absolute atomic E-state index is 12.4. The van der Waals surface area contributed by atoms with Gasteiger partial charge in [-0.05, 0) is 12.1 Å². The third-order valence-corrected chi connectivity index (χ3v) is 4.42. The number of carbonyl (C=O) groups excluding carboxylic acids is 2. The van der Waals surface area contributed by atoms with Crippen LogP contribution < -0.4 is 4.74 Å². The van der Waals surface area contributed by atoms with Gasteiger partial charge in [-0.15, -0.1) is 0 Å². The van der Waals surface area contributed by atoms with Crippen LogP contribution in [0.2, 0.25) is 0 Å². The molecule has 1 unspecified atom stereocenters. The lowest BCUT2D eigenvalue weighted by molar-refractivity contribution is -0.154. The third kappa shape index (κ3) is 1.79. The Kier molecular flexibility index (Phi) is 2.91. The number of para-hydroxylation sites is 2. The number of benzene rings is 2. The molecule has 1 atom stereocenters. The van der Waals surface area contributed by atoms with Crippen molar-refractivity contribution in [1.82, 2.24) is 0 Å². The second-order valence-corrected chi connectivity index (χ2v) is 5.58. The van der Waals surface area contributed by atoms with E-state index in [0.29, 0.717) is 22.6 Å². The summed E-state index contributed by atoms with van der Waals surface area (Å²) in [5.74, 6) is -0.481. The van der Waals surface area contributed by atoms with Crippen LogP contribution >= 0.6 is 0 Å². The predicted molar refractivity (Wildman–Crippen MR) is 80.0 cm³/mol. The van der Waals surface area contributed by atoms with E-state index in [2.05, 4.69) is 0 Å². The van der Waals surface area contributed by atoms with Crippen LogP contribution in [-0.4, -0.2) is 19.0 Å². The molecular weight excluding hydrogens is 296 g/mol. The largest absolute Gasteiger partial charge is 0.469 e. The first-order valence-electron chi connectivity index (χ1n) is 7.33. The molecule has 1 fully saturated rings. The molecule has 0 saturated carbocycles. The van der Waals surface area contributed by atoms with E-state index < -0.39 is 23.5 Å². The van der Waals surface area contributed by atoms with E-state index in [9.17, 15) is 9.59 Å². The highest BCUT2D eigenvalue weighted by Gasteiger charge is 2.59. The molecular formula is C18H14O5. The van der Waals surface area contributed by atoms with Crippen LogP contribution in [0, 0.1) is 5.92 Å². The quantitative estimate of drug-likeness (QED) is 0.758. The number of ether oxygens (including phenoxy) is 3. The van der Waals surface area contributed by atoms with Gasteiger partial charge in [0.15, 0.2) is 5.60 Å². The molecule has 5 heteroatoms. The van der Waals surface area contributed by atoms with Crippen LogP contribution in [0.5, 0.6) is 11.5 Å². The summed E-state index contributed by atoms with van der Waals surface area (Å²) in [6.07, 6.45) is -0.0185. The van der Waals surface area contributed by atoms with Crippen LogP contribution in [0.4, 0.5) is 0 Å².